The summed E-state index contributed by atoms with van der Waals surface area (Å²) in [6.45, 7) is 0. The van der Waals surface area contributed by atoms with E-state index < -0.39 is 0 Å². The molecule has 0 radical (unpaired) electrons. The molecule has 1 N–H and O–H groups in total. The molecule has 1 aromatic carbocycles. The largest absolute Gasteiger partial charge is 0.343 e. The number of nitrogens with one attached hydrogen (secondary N) is 1. The van der Waals surface area contributed by atoms with Crippen molar-refractivity contribution >= 4 is 18.5 Å². The van der Waals surface area contributed by atoms with Crippen LogP contribution < -0.4 is 4.90 Å². The minimum atomic E-state index is 0.0888. The molecule has 0 saturated carbocycles. The number of amides is 1. The van der Waals surface area contributed by atoms with E-state index in [-0.39, 0.29) is 5.91 Å². The summed E-state index contributed by atoms with van der Waals surface area (Å²) in [7, 11) is 3.63. The van der Waals surface area contributed by atoms with Gasteiger partial charge in [-0.15, -0.1) is 12.6 Å². The highest BCUT2D eigenvalue weighted by Gasteiger charge is 2.11. The highest BCUT2D eigenvalue weighted by Crippen LogP contribution is 2.07. The van der Waals surface area contributed by atoms with Crippen molar-refractivity contribution in [3.05, 3.63) is 29.8 Å². The Kier molecular flexibility index (Phi) is 2.89. The molecule has 0 heterocycles. The molecule has 1 rings (SSSR count). The molecule has 2 nitrogen and oxygen atoms in total. The van der Waals surface area contributed by atoms with Gasteiger partial charge in [-0.2, -0.15) is 0 Å². The smallest absolute Gasteiger partial charge is 0.272 e. The Morgan fingerprint density at radius 3 is 2.58 bits per heavy atom. The van der Waals surface area contributed by atoms with Crippen molar-refractivity contribution < 1.29 is 9.69 Å². The van der Waals surface area contributed by atoms with E-state index in [0.717, 1.165) is 9.80 Å². The van der Waals surface area contributed by atoms with E-state index in [2.05, 4.69) is 12.6 Å². The Morgan fingerprint density at radius 2 is 2.08 bits per heavy atom. The minimum Gasteiger partial charge on any atom is -0.272 e. The van der Waals surface area contributed by atoms with Gasteiger partial charge in [-0.05, 0) is 18.2 Å². The summed E-state index contributed by atoms with van der Waals surface area (Å²) in [6, 6.07) is 7.26. The monoisotopic (exact) mass is 182 g/mol. The lowest BCUT2D eigenvalue weighted by molar-refractivity contribution is -0.767. The third kappa shape index (κ3) is 2.09. The van der Waals surface area contributed by atoms with Gasteiger partial charge < -0.3 is 0 Å². The highest BCUT2D eigenvalue weighted by atomic mass is 32.1. The number of rotatable bonds is 1. The van der Waals surface area contributed by atoms with Gasteiger partial charge in [-0.1, -0.05) is 6.07 Å². The van der Waals surface area contributed by atoms with Gasteiger partial charge >= 0.3 is 5.91 Å². The van der Waals surface area contributed by atoms with Crippen LogP contribution in [0.15, 0.2) is 29.2 Å². The number of carbonyl (C=O) groups excluding carboxylic acids is 1. The van der Waals surface area contributed by atoms with Gasteiger partial charge in [-0.25, -0.2) is 4.79 Å². The molecule has 0 aromatic heterocycles. The first-order chi connectivity index (χ1) is 5.61. The molecule has 1 aromatic rings. The molecule has 1 amide bonds. The average Bonchev–Trinajstić information content (AvgIpc) is 2.03. The van der Waals surface area contributed by atoms with Gasteiger partial charge in [0.25, 0.3) is 0 Å². The average molecular weight is 182 g/mol. The number of hydrogen-bond acceptors (Lipinski definition) is 2. The fraction of sp³-hybridized carbons (Fsp3) is 0.222. The van der Waals surface area contributed by atoms with Crippen molar-refractivity contribution in [1.82, 2.24) is 0 Å². The van der Waals surface area contributed by atoms with Gasteiger partial charge in [-0.3, -0.25) is 4.90 Å². The maximum Gasteiger partial charge on any atom is 0.343 e. The van der Waals surface area contributed by atoms with Crippen molar-refractivity contribution in [1.29, 1.82) is 0 Å². The lowest BCUT2D eigenvalue weighted by Gasteiger charge is -2.04. The minimum absolute atomic E-state index is 0.0888. The van der Waals surface area contributed by atoms with Gasteiger partial charge in [0, 0.05) is 4.90 Å². The van der Waals surface area contributed by atoms with Crippen LogP contribution in [0, 0.1) is 0 Å². The number of carbonyl (C=O) groups is 1. The molecular formula is C9H12NOS+. The zero-order valence-electron chi connectivity index (χ0n) is 7.16. The Hall–Kier alpha value is -0.800. The predicted octanol–water partition coefficient (Wildman–Crippen LogP) is 0.260. The van der Waals surface area contributed by atoms with E-state index in [4.69, 9.17) is 0 Å². The van der Waals surface area contributed by atoms with Crippen molar-refractivity contribution in [2.75, 3.05) is 14.1 Å². The van der Waals surface area contributed by atoms with E-state index >= 15 is 0 Å². The molecule has 64 valence electrons. The fourth-order valence-electron chi connectivity index (χ4n) is 0.936. The van der Waals surface area contributed by atoms with Crippen LogP contribution in [0.3, 0.4) is 0 Å². The van der Waals surface area contributed by atoms with Crippen molar-refractivity contribution in [3.63, 3.8) is 0 Å². The van der Waals surface area contributed by atoms with Crippen LogP contribution in [0.1, 0.15) is 10.4 Å². The fourth-order valence-corrected chi connectivity index (χ4v) is 1.16. The Balaban J connectivity index is 2.96. The Morgan fingerprint density at radius 1 is 1.42 bits per heavy atom. The second-order valence-electron chi connectivity index (χ2n) is 2.88. The summed E-state index contributed by atoms with van der Waals surface area (Å²) >= 11 is 4.16. The zero-order chi connectivity index (χ0) is 9.14. The van der Waals surface area contributed by atoms with Crippen LogP contribution in [0.2, 0.25) is 0 Å². The third-order valence-corrected chi connectivity index (χ3v) is 1.84. The van der Waals surface area contributed by atoms with E-state index in [1.165, 1.54) is 0 Å². The van der Waals surface area contributed by atoms with E-state index in [1.807, 2.05) is 26.2 Å². The topological polar surface area (TPSA) is 21.5 Å². The Bertz CT molecular complexity index is 296. The summed E-state index contributed by atoms with van der Waals surface area (Å²) in [5.74, 6) is 0.0888. The predicted molar refractivity (Wildman–Crippen MR) is 50.8 cm³/mol. The molecule has 12 heavy (non-hydrogen) atoms. The second kappa shape index (κ2) is 3.74. The summed E-state index contributed by atoms with van der Waals surface area (Å²) < 4.78 is 0. The lowest BCUT2D eigenvalue weighted by atomic mass is 10.2. The SMILES string of the molecule is C[NH+](C)C(=O)c1cccc(S)c1. The van der Waals surface area contributed by atoms with Crippen molar-refractivity contribution in [3.8, 4) is 0 Å². The highest BCUT2D eigenvalue weighted by molar-refractivity contribution is 7.80. The third-order valence-electron chi connectivity index (χ3n) is 1.56. The number of benzene rings is 1. The van der Waals surface area contributed by atoms with Crippen LogP contribution in [0.5, 0.6) is 0 Å². The van der Waals surface area contributed by atoms with Gasteiger partial charge in [0.1, 0.15) is 0 Å². The summed E-state index contributed by atoms with van der Waals surface area (Å²) in [6.07, 6.45) is 0. The first kappa shape index (κ1) is 9.29. The van der Waals surface area contributed by atoms with E-state index in [1.54, 1.807) is 12.1 Å². The molecule has 0 aliphatic heterocycles. The van der Waals surface area contributed by atoms with Crippen molar-refractivity contribution in [2.45, 2.75) is 4.90 Å². The standard InChI is InChI=1S/C9H11NOS/c1-10(2)9(11)7-4-3-5-8(12)6-7/h3-6,12H,1-2H3/p+1. The molecule has 0 aliphatic carbocycles. The number of hydrogen-bond donors (Lipinski definition) is 2. The lowest BCUT2D eigenvalue weighted by Crippen LogP contribution is -3.08. The van der Waals surface area contributed by atoms with Crippen LogP contribution >= 0.6 is 12.6 Å². The van der Waals surface area contributed by atoms with E-state index in [0.29, 0.717) is 5.56 Å². The normalized spacial score (nSPS) is 10.3. The Labute approximate surface area is 77.6 Å². The molecule has 0 aliphatic rings. The number of quaternary nitrogens is 1. The molecule has 0 saturated heterocycles. The van der Waals surface area contributed by atoms with Gasteiger partial charge in [0.2, 0.25) is 0 Å². The van der Waals surface area contributed by atoms with E-state index in [9.17, 15) is 4.79 Å². The second-order valence-corrected chi connectivity index (χ2v) is 3.40. The maximum absolute atomic E-state index is 11.4. The molecule has 0 atom stereocenters. The number of thiol groups is 1. The quantitative estimate of drug-likeness (QED) is 0.597. The summed E-state index contributed by atoms with van der Waals surface area (Å²) in [5.41, 5.74) is 0.711. The molecule has 3 heteroatoms. The molecule has 0 unspecified atom stereocenters. The van der Waals surface area contributed by atoms with Gasteiger partial charge in [0.05, 0.1) is 19.7 Å². The molecular weight excluding hydrogens is 170 g/mol. The summed E-state index contributed by atoms with van der Waals surface area (Å²) in [5, 5.41) is 0. The first-order valence-corrected chi connectivity index (χ1v) is 4.20. The first-order valence-electron chi connectivity index (χ1n) is 3.75. The van der Waals surface area contributed by atoms with Crippen LogP contribution in [0.4, 0.5) is 0 Å². The van der Waals surface area contributed by atoms with Crippen LogP contribution in [-0.2, 0) is 0 Å². The molecule has 0 fully saturated rings. The molecule has 0 bridgehead atoms. The van der Waals surface area contributed by atoms with Crippen LogP contribution in [0.25, 0.3) is 0 Å². The van der Waals surface area contributed by atoms with Crippen molar-refractivity contribution in [2.24, 2.45) is 0 Å². The maximum atomic E-state index is 11.4. The summed E-state index contributed by atoms with van der Waals surface area (Å²) in [4.78, 5) is 13.0. The van der Waals surface area contributed by atoms with Gasteiger partial charge in [0.15, 0.2) is 0 Å². The molecule has 0 spiro atoms. The zero-order valence-corrected chi connectivity index (χ0v) is 8.06. The van der Waals surface area contributed by atoms with Crippen LogP contribution in [-0.4, -0.2) is 20.0 Å².